The highest BCUT2D eigenvalue weighted by Crippen LogP contribution is 2.30. The van der Waals surface area contributed by atoms with Gasteiger partial charge in [-0.15, -0.1) is 0 Å². The van der Waals surface area contributed by atoms with Gasteiger partial charge >= 0.3 is 0 Å². The molecule has 2 fully saturated rings. The molecule has 105 heavy (non-hydrogen) atoms. The summed E-state index contributed by atoms with van der Waals surface area (Å²) in [7, 11) is 0. The molecule has 2 aliphatic rings. The van der Waals surface area contributed by atoms with Crippen LogP contribution in [0.15, 0.2) is 146 Å². The summed E-state index contributed by atoms with van der Waals surface area (Å²) in [5.74, 6) is -0.252. The fraction of sp³-hybridized carbons (Fsp3) is 0.725. The van der Waals surface area contributed by atoms with Crippen LogP contribution in [-0.4, -0.2) is 140 Å². The number of unbranched alkanes of at least 4 members (excludes halogenated alkanes) is 35. The van der Waals surface area contributed by atoms with Crippen molar-refractivity contribution in [2.24, 2.45) is 0 Å². The number of hydrogen-bond donors (Lipinski definition) is 9. The van der Waals surface area contributed by atoms with Crippen molar-refractivity contribution in [3.8, 4) is 0 Å². The highest BCUT2D eigenvalue weighted by atomic mass is 16.7. The summed E-state index contributed by atoms with van der Waals surface area (Å²) in [5.41, 5.74) is 0. The molecule has 0 aromatic carbocycles. The van der Waals surface area contributed by atoms with E-state index in [4.69, 9.17) is 18.9 Å². The molecule has 9 N–H and O–H groups in total. The first kappa shape index (κ1) is 96.9. The first-order valence-electron chi connectivity index (χ1n) is 42.6. The van der Waals surface area contributed by atoms with Crippen LogP contribution in [0.2, 0.25) is 0 Å². The van der Waals surface area contributed by atoms with E-state index in [-0.39, 0.29) is 18.9 Å². The molecule has 602 valence electrons. The van der Waals surface area contributed by atoms with Crippen molar-refractivity contribution in [1.29, 1.82) is 0 Å². The summed E-state index contributed by atoms with van der Waals surface area (Å²) in [5, 5.41) is 87.8. The van der Waals surface area contributed by atoms with Gasteiger partial charge in [-0.25, -0.2) is 0 Å². The molecule has 2 heterocycles. The summed E-state index contributed by atoms with van der Waals surface area (Å²) < 4.78 is 22.9. The van der Waals surface area contributed by atoms with Crippen LogP contribution in [0.4, 0.5) is 0 Å². The van der Waals surface area contributed by atoms with Crippen molar-refractivity contribution in [3.05, 3.63) is 146 Å². The standard InChI is InChI=1S/C91H155NO13/c1-3-5-7-9-11-13-15-17-19-21-23-25-27-29-31-33-35-36-37-38-39-40-41-42-43-44-45-47-49-51-53-55-57-59-61-63-65-67-69-71-73-75-83(96)92-79(78-102-90-88(101)86(99)89(82(77-94)104-90)105-91-87(100)85(98)84(97)81(76-93)103-91)80(95)74-72-70-68-66-64-62-60-58-56-54-52-50-48-46-34-32-30-28-26-24-22-20-18-16-14-12-10-8-6-4-2/h5,7,11,13,17,19,23,25,29,31,35-36,38-39,41-42,44-45,49,51,55,57,72,74,79-82,84-91,93-95,97-101H,3-4,6,8-10,12,14-16,18,20-22,24,26-28,30,32-34,37,40,43,46-48,50,52-54,56,58-71,73,75-78H2,1-2H3,(H,92,96)/b7-5-,13-11-,19-17-,25-23-,31-29-,36-35-,39-38-,42-41-,45-44-,51-49-,57-55-,74-72+. The molecule has 1 amide bonds. The van der Waals surface area contributed by atoms with Crippen molar-refractivity contribution < 1.29 is 64.6 Å². The van der Waals surface area contributed by atoms with Crippen LogP contribution in [0.5, 0.6) is 0 Å². The largest absolute Gasteiger partial charge is 0.394 e. The Morgan fingerprint density at radius 2 is 0.657 bits per heavy atom. The maximum atomic E-state index is 13.4. The number of carbonyl (C=O) groups excluding carboxylic acids is 1. The quantitative estimate of drug-likeness (QED) is 0.0204. The summed E-state index contributed by atoms with van der Waals surface area (Å²) in [6, 6.07) is -0.934. The average Bonchev–Trinajstić information content (AvgIpc) is 0.769. The smallest absolute Gasteiger partial charge is 0.220 e. The molecule has 0 radical (unpaired) electrons. The number of carbonyl (C=O) groups is 1. The topological polar surface area (TPSA) is 228 Å². The van der Waals surface area contributed by atoms with E-state index in [1.165, 1.54) is 167 Å². The first-order chi connectivity index (χ1) is 51.6. The second-order valence-electron chi connectivity index (χ2n) is 29.2. The summed E-state index contributed by atoms with van der Waals surface area (Å²) in [6.45, 7) is 2.71. The summed E-state index contributed by atoms with van der Waals surface area (Å²) in [6.07, 6.45) is 93.5. The molecule has 12 unspecified atom stereocenters. The molecule has 0 aliphatic carbocycles. The lowest BCUT2D eigenvalue weighted by Gasteiger charge is -2.46. The van der Waals surface area contributed by atoms with Crippen LogP contribution in [0.1, 0.15) is 328 Å². The van der Waals surface area contributed by atoms with Crippen molar-refractivity contribution in [2.45, 2.75) is 402 Å². The van der Waals surface area contributed by atoms with Gasteiger partial charge in [-0.2, -0.15) is 0 Å². The number of aliphatic hydroxyl groups excluding tert-OH is 8. The minimum absolute atomic E-state index is 0.252. The number of hydrogen-bond acceptors (Lipinski definition) is 13. The molecule has 0 saturated carbocycles. The Morgan fingerprint density at radius 1 is 0.352 bits per heavy atom. The lowest BCUT2D eigenvalue weighted by molar-refractivity contribution is -0.359. The van der Waals surface area contributed by atoms with Gasteiger partial charge in [0.1, 0.15) is 48.8 Å². The molecular weight excluding hydrogens is 1310 g/mol. The third-order valence-electron chi connectivity index (χ3n) is 19.8. The molecule has 0 spiro atoms. The molecule has 14 nitrogen and oxygen atoms in total. The molecule has 2 aliphatic heterocycles. The fourth-order valence-corrected chi connectivity index (χ4v) is 13.1. The molecule has 14 heteroatoms. The van der Waals surface area contributed by atoms with Crippen molar-refractivity contribution in [1.82, 2.24) is 5.32 Å². The Hall–Kier alpha value is -4.13. The normalized spacial score (nSPS) is 22.2. The Morgan fingerprint density at radius 3 is 1.01 bits per heavy atom. The van der Waals surface area contributed by atoms with E-state index in [2.05, 4.69) is 153 Å². The monoisotopic (exact) mass is 1470 g/mol. The zero-order valence-corrected chi connectivity index (χ0v) is 66.2. The Labute approximate surface area is 640 Å². The third-order valence-corrected chi connectivity index (χ3v) is 19.8. The van der Waals surface area contributed by atoms with Crippen LogP contribution in [0.3, 0.4) is 0 Å². The van der Waals surface area contributed by atoms with Crippen molar-refractivity contribution >= 4 is 5.91 Å². The van der Waals surface area contributed by atoms with Crippen molar-refractivity contribution in [2.75, 3.05) is 19.8 Å². The first-order valence-corrected chi connectivity index (χ1v) is 42.6. The van der Waals surface area contributed by atoms with E-state index in [9.17, 15) is 45.6 Å². The lowest BCUT2D eigenvalue weighted by atomic mass is 9.97. The second kappa shape index (κ2) is 72.7. The maximum Gasteiger partial charge on any atom is 0.220 e. The Kier molecular flexibility index (Phi) is 67.1. The molecular formula is C91H155NO13. The molecule has 2 saturated heterocycles. The highest BCUT2D eigenvalue weighted by molar-refractivity contribution is 5.76. The number of ether oxygens (including phenoxy) is 4. The minimum atomic E-state index is -1.80. The minimum Gasteiger partial charge on any atom is -0.394 e. The van der Waals surface area contributed by atoms with E-state index in [1.54, 1.807) is 6.08 Å². The summed E-state index contributed by atoms with van der Waals surface area (Å²) in [4.78, 5) is 13.4. The number of rotatable bonds is 70. The predicted molar refractivity (Wildman–Crippen MR) is 438 cm³/mol. The van der Waals surface area contributed by atoms with Gasteiger partial charge in [0.2, 0.25) is 5.91 Å². The molecule has 0 bridgehead atoms. The van der Waals surface area contributed by atoms with Crippen LogP contribution >= 0.6 is 0 Å². The van der Waals surface area contributed by atoms with Crippen LogP contribution in [0, 0.1) is 0 Å². The zero-order valence-electron chi connectivity index (χ0n) is 66.2. The third kappa shape index (κ3) is 55.0. The maximum absolute atomic E-state index is 13.4. The average molecular weight is 1470 g/mol. The van der Waals surface area contributed by atoms with E-state index >= 15 is 0 Å². The zero-order chi connectivity index (χ0) is 75.8. The van der Waals surface area contributed by atoms with Gasteiger partial charge in [0.15, 0.2) is 12.6 Å². The number of nitrogens with one attached hydrogen (secondary N) is 1. The Bertz CT molecular complexity index is 2330. The lowest BCUT2D eigenvalue weighted by Crippen LogP contribution is -2.65. The van der Waals surface area contributed by atoms with Crippen LogP contribution in [0.25, 0.3) is 0 Å². The number of allylic oxidation sites excluding steroid dienone is 23. The second-order valence-corrected chi connectivity index (χ2v) is 29.2. The van der Waals surface area contributed by atoms with Crippen LogP contribution < -0.4 is 5.32 Å². The van der Waals surface area contributed by atoms with E-state index < -0.39 is 86.8 Å². The van der Waals surface area contributed by atoms with Gasteiger partial charge in [0, 0.05) is 6.42 Å². The Balaban J connectivity index is 1.62. The van der Waals surface area contributed by atoms with E-state index in [0.717, 1.165) is 135 Å². The number of aliphatic hydroxyl groups is 8. The molecule has 12 atom stereocenters. The van der Waals surface area contributed by atoms with E-state index in [0.29, 0.717) is 6.42 Å². The van der Waals surface area contributed by atoms with Gasteiger partial charge in [0.25, 0.3) is 0 Å². The predicted octanol–water partition coefficient (Wildman–Crippen LogP) is 20.3. The molecule has 0 aromatic heterocycles. The van der Waals surface area contributed by atoms with E-state index in [1.807, 2.05) is 6.08 Å². The molecule has 2 rings (SSSR count). The SMILES string of the molecule is CC/C=C\C/C=C\C/C=C\C/C=C\C/C=C\C/C=C\C/C=C\C/C=C\C/C=C\C/C=C\C/C=C\CCCCCCCCCC(=O)NC(COC1OC(CO)C(OC2OC(CO)C(O)C(O)C2O)C(O)C1O)C(O)/C=C/CCCCCCCCCCCCCCCCCCCCCCCCCCCCCC. The van der Waals surface area contributed by atoms with Crippen molar-refractivity contribution in [3.63, 3.8) is 0 Å². The van der Waals surface area contributed by atoms with Gasteiger partial charge in [-0.1, -0.05) is 365 Å². The van der Waals surface area contributed by atoms with Gasteiger partial charge in [-0.05, 0) is 103 Å². The van der Waals surface area contributed by atoms with Gasteiger partial charge in [-0.3, -0.25) is 4.79 Å². The van der Waals surface area contributed by atoms with Gasteiger partial charge < -0.3 is 65.1 Å². The van der Waals surface area contributed by atoms with Gasteiger partial charge in [0.05, 0.1) is 32.0 Å². The highest BCUT2D eigenvalue weighted by Gasteiger charge is 2.51. The number of amides is 1. The van der Waals surface area contributed by atoms with Crippen LogP contribution in [-0.2, 0) is 23.7 Å². The summed E-state index contributed by atoms with van der Waals surface area (Å²) >= 11 is 0. The molecule has 0 aromatic rings. The fourth-order valence-electron chi connectivity index (χ4n) is 13.1.